The summed E-state index contributed by atoms with van der Waals surface area (Å²) in [7, 11) is -1.60. The van der Waals surface area contributed by atoms with Crippen molar-refractivity contribution in [2.24, 2.45) is 5.92 Å². The summed E-state index contributed by atoms with van der Waals surface area (Å²) in [5, 5.41) is 8.78. The lowest BCUT2D eigenvalue weighted by molar-refractivity contribution is -0.152. The third-order valence-electron chi connectivity index (χ3n) is 2.52. The van der Waals surface area contributed by atoms with Gasteiger partial charge in [-0.1, -0.05) is 0 Å². The minimum absolute atomic E-state index is 0.0742. The lowest BCUT2D eigenvalue weighted by Crippen LogP contribution is -2.37. The van der Waals surface area contributed by atoms with Gasteiger partial charge in [0.15, 0.2) is 6.10 Å². The topological polar surface area (TPSA) is 80.7 Å². The molecule has 0 saturated carbocycles. The Bertz CT molecular complexity index is 294. The van der Waals surface area contributed by atoms with Crippen molar-refractivity contribution >= 4 is 15.8 Å². The molecule has 0 spiro atoms. The Balaban J connectivity index is 2.60. The van der Waals surface area contributed by atoms with Crippen molar-refractivity contribution in [3.8, 4) is 0 Å². The van der Waals surface area contributed by atoms with E-state index in [0.717, 1.165) is 0 Å². The van der Waals surface area contributed by atoms with Gasteiger partial charge in [0.2, 0.25) is 0 Å². The summed E-state index contributed by atoms with van der Waals surface area (Å²) in [6.07, 6.45) is -0.106. The van der Waals surface area contributed by atoms with Gasteiger partial charge < -0.3 is 9.84 Å². The van der Waals surface area contributed by atoms with Gasteiger partial charge in [0.05, 0.1) is 11.5 Å². The number of aliphatic carboxylic acids is 1. The van der Waals surface area contributed by atoms with Crippen LogP contribution in [0.5, 0.6) is 0 Å². The van der Waals surface area contributed by atoms with Gasteiger partial charge in [0.1, 0.15) is 9.84 Å². The van der Waals surface area contributed by atoms with Gasteiger partial charge in [-0.05, 0) is 18.8 Å². The molecule has 1 N–H and O–H groups in total. The second kappa shape index (κ2) is 4.27. The molecule has 5 nitrogen and oxygen atoms in total. The average Bonchev–Trinajstić information content (AvgIpc) is 2.08. The highest BCUT2D eigenvalue weighted by atomic mass is 32.2. The minimum atomic E-state index is -2.93. The highest BCUT2D eigenvalue weighted by Gasteiger charge is 2.33. The van der Waals surface area contributed by atoms with Crippen LogP contribution in [0.3, 0.4) is 0 Å². The van der Waals surface area contributed by atoms with Crippen LogP contribution in [-0.4, -0.2) is 44.2 Å². The molecule has 1 heterocycles. The zero-order chi connectivity index (χ0) is 10.8. The van der Waals surface area contributed by atoms with Crippen LogP contribution in [0, 0.1) is 5.92 Å². The molecule has 14 heavy (non-hydrogen) atoms. The molecular formula is C8H14O5S. The molecule has 0 aromatic carbocycles. The Morgan fingerprint density at radius 2 is 1.93 bits per heavy atom. The Morgan fingerprint density at radius 3 is 2.29 bits per heavy atom. The van der Waals surface area contributed by atoms with Crippen LogP contribution in [0.4, 0.5) is 0 Å². The van der Waals surface area contributed by atoms with E-state index >= 15 is 0 Å². The number of ether oxygens (including phenoxy) is 1. The first-order valence-corrected chi connectivity index (χ1v) is 6.24. The maximum atomic E-state index is 11.1. The van der Waals surface area contributed by atoms with Gasteiger partial charge in [0, 0.05) is 7.11 Å². The van der Waals surface area contributed by atoms with E-state index in [0.29, 0.717) is 12.8 Å². The molecule has 0 aromatic heterocycles. The summed E-state index contributed by atoms with van der Waals surface area (Å²) < 4.78 is 27.0. The Labute approximate surface area is 83.0 Å². The summed E-state index contributed by atoms with van der Waals surface area (Å²) in [5.41, 5.74) is 0. The fourth-order valence-corrected chi connectivity index (χ4v) is 3.23. The second-order valence-corrected chi connectivity index (χ2v) is 5.79. The largest absolute Gasteiger partial charge is 0.479 e. The van der Waals surface area contributed by atoms with Crippen LogP contribution >= 0.6 is 0 Å². The van der Waals surface area contributed by atoms with Gasteiger partial charge in [0.25, 0.3) is 0 Å². The van der Waals surface area contributed by atoms with Crippen LogP contribution in [0.2, 0.25) is 0 Å². The molecular weight excluding hydrogens is 208 g/mol. The van der Waals surface area contributed by atoms with E-state index in [9.17, 15) is 13.2 Å². The molecule has 1 rings (SSSR count). The first kappa shape index (κ1) is 11.5. The molecule has 1 aliphatic heterocycles. The zero-order valence-electron chi connectivity index (χ0n) is 7.97. The van der Waals surface area contributed by atoms with E-state index in [2.05, 4.69) is 0 Å². The SMILES string of the molecule is COC(C(=O)O)C1CCS(=O)(=O)CC1. The second-order valence-electron chi connectivity index (χ2n) is 3.48. The number of carboxylic acid groups (broad SMARTS) is 1. The van der Waals surface area contributed by atoms with Crippen molar-refractivity contribution in [3.05, 3.63) is 0 Å². The number of methoxy groups -OCH3 is 1. The fraction of sp³-hybridized carbons (Fsp3) is 0.875. The summed E-state index contributed by atoms with van der Waals surface area (Å²) >= 11 is 0. The van der Waals surface area contributed by atoms with Gasteiger partial charge >= 0.3 is 5.97 Å². The van der Waals surface area contributed by atoms with Crippen molar-refractivity contribution in [1.29, 1.82) is 0 Å². The quantitative estimate of drug-likeness (QED) is 0.721. The molecule has 1 aliphatic rings. The number of hydrogen-bond donors (Lipinski definition) is 1. The molecule has 1 atom stereocenters. The van der Waals surface area contributed by atoms with Crippen molar-refractivity contribution in [1.82, 2.24) is 0 Å². The van der Waals surface area contributed by atoms with Gasteiger partial charge in [-0.25, -0.2) is 13.2 Å². The van der Waals surface area contributed by atoms with Crippen LogP contribution in [0.15, 0.2) is 0 Å². The monoisotopic (exact) mass is 222 g/mol. The minimum Gasteiger partial charge on any atom is -0.479 e. The van der Waals surface area contributed by atoms with Crippen molar-refractivity contribution < 1.29 is 23.1 Å². The first-order chi connectivity index (χ1) is 6.46. The number of hydrogen-bond acceptors (Lipinski definition) is 4. The van der Waals surface area contributed by atoms with Crippen LogP contribution in [0.1, 0.15) is 12.8 Å². The van der Waals surface area contributed by atoms with E-state index in [-0.39, 0.29) is 17.4 Å². The lowest BCUT2D eigenvalue weighted by atomic mass is 9.96. The van der Waals surface area contributed by atoms with Gasteiger partial charge in [-0.3, -0.25) is 0 Å². The van der Waals surface area contributed by atoms with E-state index in [4.69, 9.17) is 9.84 Å². The lowest BCUT2D eigenvalue weighted by Gasteiger charge is -2.26. The molecule has 0 aromatic rings. The van der Waals surface area contributed by atoms with E-state index < -0.39 is 21.9 Å². The molecule has 1 unspecified atom stereocenters. The standard InChI is InChI=1S/C8H14O5S/c1-13-7(8(9)10)6-2-4-14(11,12)5-3-6/h6-7H,2-5H2,1H3,(H,9,10). The number of rotatable bonds is 3. The normalized spacial score (nSPS) is 24.4. The molecule has 1 fully saturated rings. The van der Waals surface area contributed by atoms with E-state index in [1.165, 1.54) is 7.11 Å². The molecule has 1 saturated heterocycles. The molecule has 0 amide bonds. The van der Waals surface area contributed by atoms with Crippen molar-refractivity contribution in [3.63, 3.8) is 0 Å². The maximum Gasteiger partial charge on any atom is 0.333 e. The van der Waals surface area contributed by atoms with Crippen LogP contribution in [-0.2, 0) is 19.4 Å². The molecule has 82 valence electrons. The highest BCUT2D eigenvalue weighted by Crippen LogP contribution is 2.23. The van der Waals surface area contributed by atoms with E-state index in [1.807, 2.05) is 0 Å². The molecule has 0 radical (unpaired) electrons. The Hall–Kier alpha value is -0.620. The molecule has 0 aliphatic carbocycles. The summed E-state index contributed by atoms with van der Waals surface area (Å²) in [6, 6.07) is 0. The van der Waals surface area contributed by atoms with Crippen molar-refractivity contribution in [2.75, 3.05) is 18.6 Å². The molecule has 0 bridgehead atoms. The predicted molar refractivity (Wildman–Crippen MR) is 49.8 cm³/mol. The Kier molecular flexibility index (Phi) is 3.49. The first-order valence-electron chi connectivity index (χ1n) is 4.42. The van der Waals surface area contributed by atoms with Gasteiger partial charge in [-0.15, -0.1) is 0 Å². The summed E-state index contributed by atoms with van der Waals surface area (Å²) in [4.78, 5) is 10.7. The predicted octanol–water partition coefficient (Wildman–Crippen LogP) is -0.0892. The fourth-order valence-electron chi connectivity index (χ4n) is 1.71. The number of carboxylic acids is 1. The number of carbonyl (C=O) groups is 1. The van der Waals surface area contributed by atoms with Crippen LogP contribution in [0.25, 0.3) is 0 Å². The smallest absolute Gasteiger partial charge is 0.333 e. The maximum absolute atomic E-state index is 11.1. The Morgan fingerprint density at radius 1 is 1.43 bits per heavy atom. The summed E-state index contributed by atoms with van der Waals surface area (Å²) in [6.45, 7) is 0. The molecule has 6 heteroatoms. The number of sulfone groups is 1. The third kappa shape index (κ3) is 2.68. The average molecular weight is 222 g/mol. The van der Waals surface area contributed by atoms with E-state index in [1.54, 1.807) is 0 Å². The highest BCUT2D eigenvalue weighted by molar-refractivity contribution is 7.91. The van der Waals surface area contributed by atoms with Gasteiger partial charge in [-0.2, -0.15) is 0 Å². The van der Waals surface area contributed by atoms with Crippen LogP contribution < -0.4 is 0 Å². The third-order valence-corrected chi connectivity index (χ3v) is 4.24. The zero-order valence-corrected chi connectivity index (χ0v) is 8.79. The summed E-state index contributed by atoms with van der Waals surface area (Å²) in [5.74, 6) is -1.05. The van der Waals surface area contributed by atoms with Crippen molar-refractivity contribution in [2.45, 2.75) is 18.9 Å².